The molecule has 2 aromatic carbocycles. The number of carboxylic acid groups (broad SMARTS) is 1. The van der Waals surface area contributed by atoms with E-state index in [1.165, 1.54) is 18.2 Å². The first-order chi connectivity index (χ1) is 10.5. The molecule has 2 aromatic rings. The number of carbonyl (C=O) groups is 1. The summed E-state index contributed by atoms with van der Waals surface area (Å²) in [6.45, 7) is 0.396. The summed E-state index contributed by atoms with van der Waals surface area (Å²) >= 11 is 3.31. The number of phenols is 2. The Morgan fingerprint density at radius 3 is 2.59 bits per heavy atom. The lowest BCUT2D eigenvalue weighted by atomic mass is 9.95. The van der Waals surface area contributed by atoms with Gasteiger partial charge in [-0.3, -0.25) is 0 Å². The first kappa shape index (κ1) is 16.3. The lowest BCUT2D eigenvalue weighted by Crippen LogP contribution is -2.01. The maximum atomic E-state index is 11.1. The Morgan fingerprint density at radius 1 is 1.23 bits per heavy atom. The van der Waals surface area contributed by atoms with Crippen molar-refractivity contribution in [1.29, 1.82) is 0 Å². The van der Waals surface area contributed by atoms with Crippen molar-refractivity contribution in [2.45, 2.75) is 6.42 Å². The highest BCUT2D eigenvalue weighted by Gasteiger charge is 2.18. The van der Waals surface area contributed by atoms with Crippen molar-refractivity contribution in [2.24, 2.45) is 0 Å². The summed E-state index contributed by atoms with van der Waals surface area (Å²) in [7, 11) is 1.56. The molecule has 0 spiro atoms. The van der Waals surface area contributed by atoms with E-state index in [4.69, 9.17) is 9.84 Å². The van der Waals surface area contributed by atoms with Crippen LogP contribution in [0, 0.1) is 0 Å². The van der Waals surface area contributed by atoms with Gasteiger partial charge in [-0.15, -0.1) is 0 Å². The van der Waals surface area contributed by atoms with Gasteiger partial charge in [-0.25, -0.2) is 4.79 Å². The number of hydrogen-bond donors (Lipinski definition) is 3. The Bertz CT molecular complexity index is 712. The third-order valence-corrected chi connectivity index (χ3v) is 4.16. The zero-order valence-corrected chi connectivity index (χ0v) is 13.4. The molecule has 116 valence electrons. The van der Waals surface area contributed by atoms with Crippen molar-refractivity contribution in [3.8, 4) is 22.6 Å². The van der Waals surface area contributed by atoms with Crippen molar-refractivity contribution in [3.63, 3.8) is 0 Å². The third-order valence-electron chi connectivity index (χ3n) is 3.28. The number of rotatable bonds is 5. The van der Waals surface area contributed by atoms with Crippen molar-refractivity contribution in [2.75, 3.05) is 13.7 Å². The van der Waals surface area contributed by atoms with E-state index in [-0.39, 0.29) is 17.1 Å². The zero-order chi connectivity index (χ0) is 16.3. The van der Waals surface area contributed by atoms with Crippen LogP contribution in [0.3, 0.4) is 0 Å². The van der Waals surface area contributed by atoms with Gasteiger partial charge in [0, 0.05) is 18.7 Å². The van der Waals surface area contributed by atoms with Gasteiger partial charge in [0.05, 0.1) is 16.6 Å². The van der Waals surface area contributed by atoms with E-state index in [9.17, 15) is 15.0 Å². The van der Waals surface area contributed by atoms with Gasteiger partial charge in [0.25, 0.3) is 0 Å². The minimum atomic E-state index is -1.04. The molecule has 0 heterocycles. The Hall–Kier alpha value is -2.05. The molecule has 0 saturated heterocycles. The molecule has 0 amide bonds. The molecule has 0 aliphatic rings. The van der Waals surface area contributed by atoms with Gasteiger partial charge in [-0.2, -0.15) is 0 Å². The van der Waals surface area contributed by atoms with E-state index >= 15 is 0 Å². The van der Waals surface area contributed by atoms with E-state index in [2.05, 4.69) is 15.9 Å². The van der Waals surface area contributed by atoms with Crippen molar-refractivity contribution in [1.82, 2.24) is 0 Å². The maximum absolute atomic E-state index is 11.1. The predicted molar refractivity (Wildman–Crippen MR) is 85.4 cm³/mol. The van der Waals surface area contributed by atoms with Crippen LogP contribution in [0.2, 0.25) is 0 Å². The molecule has 0 aromatic heterocycles. The SMILES string of the molecule is COCCc1c(Br)c(O)cc(O)c1-c1cccc(C(=O)O)c1. The summed E-state index contributed by atoms with van der Waals surface area (Å²) in [5.74, 6) is -1.24. The van der Waals surface area contributed by atoms with Crippen LogP contribution in [0.4, 0.5) is 0 Å². The van der Waals surface area contributed by atoms with E-state index < -0.39 is 5.97 Å². The normalized spacial score (nSPS) is 10.6. The number of methoxy groups -OCH3 is 1. The van der Waals surface area contributed by atoms with Gasteiger partial charge in [-0.05, 0) is 45.6 Å². The summed E-state index contributed by atoms with van der Waals surface area (Å²) < 4.78 is 5.51. The zero-order valence-electron chi connectivity index (χ0n) is 11.8. The molecular formula is C16H15BrO5. The largest absolute Gasteiger partial charge is 0.507 e. The van der Waals surface area contributed by atoms with Gasteiger partial charge in [0.15, 0.2) is 0 Å². The van der Waals surface area contributed by atoms with Crippen LogP contribution < -0.4 is 0 Å². The number of phenolic OH excluding ortho intramolecular Hbond substituents is 2. The fourth-order valence-corrected chi connectivity index (χ4v) is 2.76. The Kier molecular flexibility index (Phi) is 5.05. The highest BCUT2D eigenvalue weighted by molar-refractivity contribution is 9.10. The van der Waals surface area contributed by atoms with Crippen LogP contribution in [0.5, 0.6) is 11.5 Å². The van der Waals surface area contributed by atoms with Crippen molar-refractivity contribution in [3.05, 3.63) is 45.9 Å². The van der Waals surface area contributed by atoms with Gasteiger partial charge in [0.2, 0.25) is 0 Å². The number of halogens is 1. The molecule has 22 heavy (non-hydrogen) atoms. The van der Waals surface area contributed by atoms with Crippen LogP contribution >= 0.6 is 15.9 Å². The first-order valence-corrected chi connectivity index (χ1v) is 7.31. The predicted octanol–water partition coefficient (Wildman–Crippen LogP) is 3.41. The Morgan fingerprint density at radius 2 is 1.95 bits per heavy atom. The number of carboxylic acids is 1. The van der Waals surface area contributed by atoms with Gasteiger partial charge in [-0.1, -0.05) is 12.1 Å². The van der Waals surface area contributed by atoms with Gasteiger partial charge in [0.1, 0.15) is 11.5 Å². The summed E-state index contributed by atoms with van der Waals surface area (Å²) in [5.41, 5.74) is 1.81. The number of aromatic hydroxyl groups is 2. The number of hydrogen-bond acceptors (Lipinski definition) is 4. The molecule has 0 aliphatic heterocycles. The number of ether oxygens (including phenoxy) is 1. The molecule has 5 nitrogen and oxygen atoms in total. The van der Waals surface area contributed by atoms with Crippen LogP contribution in [0.25, 0.3) is 11.1 Å². The molecule has 0 saturated carbocycles. The molecule has 0 radical (unpaired) electrons. The number of benzene rings is 2. The van der Waals surface area contributed by atoms with Crippen molar-refractivity contribution < 1.29 is 24.9 Å². The average Bonchev–Trinajstić information content (AvgIpc) is 2.49. The van der Waals surface area contributed by atoms with E-state index in [1.54, 1.807) is 19.2 Å². The molecule has 0 fully saturated rings. The minimum Gasteiger partial charge on any atom is -0.507 e. The topological polar surface area (TPSA) is 87.0 Å². The molecule has 0 aliphatic carbocycles. The van der Waals surface area contributed by atoms with E-state index in [0.29, 0.717) is 34.2 Å². The average molecular weight is 367 g/mol. The van der Waals surface area contributed by atoms with Crippen LogP contribution in [-0.4, -0.2) is 35.0 Å². The summed E-state index contributed by atoms with van der Waals surface area (Å²) in [6.07, 6.45) is 0.450. The van der Waals surface area contributed by atoms with Crippen LogP contribution in [0.1, 0.15) is 15.9 Å². The molecule has 0 bridgehead atoms. The second-order valence-electron chi connectivity index (χ2n) is 4.71. The summed E-state index contributed by atoms with van der Waals surface area (Å²) in [6, 6.07) is 7.51. The highest BCUT2D eigenvalue weighted by atomic mass is 79.9. The molecule has 0 atom stereocenters. The third kappa shape index (κ3) is 3.23. The lowest BCUT2D eigenvalue weighted by molar-refractivity contribution is 0.0697. The Labute approximate surface area is 135 Å². The Balaban J connectivity index is 2.65. The monoisotopic (exact) mass is 366 g/mol. The second-order valence-corrected chi connectivity index (χ2v) is 5.50. The standard InChI is InChI=1S/C16H15BrO5/c1-22-6-5-11-14(12(18)8-13(19)15(11)17)9-3-2-4-10(7-9)16(20)21/h2-4,7-8,18-19H,5-6H2,1H3,(H,20,21). The molecule has 0 unspecified atom stereocenters. The lowest BCUT2D eigenvalue weighted by Gasteiger charge is -2.15. The fraction of sp³-hybridized carbons (Fsp3) is 0.188. The minimum absolute atomic E-state index is 0.0817. The quantitative estimate of drug-likeness (QED) is 0.754. The fourth-order valence-electron chi connectivity index (χ4n) is 2.25. The maximum Gasteiger partial charge on any atom is 0.335 e. The van der Waals surface area contributed by atoms with Crippen molar-refractivity contribution >= 4 is 21.9 Å². The van der Waals surface area contributed by atoms with E-state index in [1.807, 2.05) is 0 Å². The summed E-state index contributed by atoms with van der Waals surface area (Å²) in [5, 5.41) is 29.2. The smallest absolute Gasteiger partial charge is 0.335 e. The molecule has 6 heteroatoms. The first-order valence-electron chi connectivity index (χ1n) is 6.51. The van der Waals surface area contributed by atoms with Crippen LogP contribution in [0.15, 0.2) is 34.8 Å². The molecular weight excluding hydrogens is 352 g/mol. The van der Waals surface area contributed by atoms with Gasteiger partial charge < -0.3 is 20.1 Å². The molecule has 3 N–H and O–H groups in total. The van der Waals surface area contributed by atoms with E-state index in [0.717, 1.165) is 0 Å². The highest BCUT2D eigenvalue weighted by Crippen LogP contribution is 2.42. The van der Waals surface area contributed by atoms with Gasteiger partial charge >= 0.3 is 5.97 Å². The number of aromatic carboxylic acids is 1. The summed E-state index contributed by atoms with van der Waals surface area (Å²) in [4.78, 5) is 11.1. The molecule has 2 rings (SSSR count). The van der Waals surface area contributed by atoms with Crippen LogP contribution in [-0.2, 0) is 11.2 Å². The second kappa shape index (κ2) is 6.81.